The van der Waals surface area contributed by atoms with E-state index in [0.29, 0.717) is 0 Å². The van der Waals surface area contributed by atoms with E-state index in [-0.39, 0.29) is 18.1 Å². The first-order valence-electron chi connectivity index (χ1n) is 9.63. The van der Waals surface area contributed by atoms with E-state index < -0.39 is 0 Å². The summed E-state index contributed by atoms with van der Waals surface area (Å²) >= 11 is 3.56. The Bertz CT molecular complexity index is 1240. The number of aromatic nitrogens is 1. The fourth-order valence-corrected chi connectivity index (χ4v) is 6.17. The molecular formula is C24H21NO3S2. The summed E-state index contributed by atoms with van der Waals surface area (Å²) in [7, 11) is 0. The SMILES string of the molecule is CC1CSc2c(-c3cccs3)c(Cc3cccc4ccccc34)cc(=O)n21.O=CO. The number of benzene rings is 2. The minimum Gasteiger partial charge on any atom is -0.483 e. The van der Waals surface area contributed by atoms with E-state index in [1.807, 2.05) is 22.4 Å². The lowest BCUT2D eigenvalue weighted by Gasteiger charge is -2.16. The van der Waals surface area contributed by atoms with Gasteiger partial charge < -0.3 is 5.11 Å². The summed E-state index contributed by atoms with van der Waals surface area (Å²) in [6.07, 6.45) is 0.770. The molecule has 4 nitrogen and oxygen atoms in total. The number of rotatable bonds is 3. The van der Waals surface area contributed by atoms with Crippen LogP contribution in [0.5, 0.6) is 0 Å². The molecule has 0 spiro atoms. The van der Waals surface area contributed by atoms with Crippen molar-refractivity contribution in [3.05, 3.63) is 87.5 Å². The highest BCUT2D eigenvalue weighted by molar-refractivity contribution is 7.99. The van der Waals surface area contributed by atoms with Gasteiger partial charge in [0.2, 0.25) is 0 Å². The molecule has 4 aromatic rings. The molecule has 6 heteroatoms. The summed E-state index contributed by atoms with van der Waals surface area (Å²) in [6.45, 7) is 1.88. The Kier molecular flexibility index (Phi) is 6.06. The van der Waals surface area contributed by atoms with E-state index in [1.165, 1.54) is 26.8 Å². The highest BCUT2D eigenvalue weighted by Gasteiger charge is 2.26. The van der Waals surface area contributed by atoms with E-state index in [1.54, 1.807) is 11.3 Å². The van der Waals surface area contributed by atoms with Crippen LogP contribution in [0.1, 0.15) is 24.1 Å². The van der Waals surface area contributed by atoms with Crippen LogP contribution in [-0.4, -0.2) is 21.9 Å². The standard InChI is InChI=1S/C23H19NOS2.CH2O2/c1-15-14-27-23-22(20-10-5-11-26-20)18(13-21(25)24(15)23)12-17-8-4-7-16-6-2-3-9-19(16)17;2-1-3/h2-11,13,15H,12,14H2,1H3;1H,(H,2,3). The average Bonchev–Trinajstić information content (AvgIpc) is 3.40. The smallest absolute Gasteiger partial charge is 0.290 e. The lowest BCUT2D eigenvalue weighted by atomic mass is 9.96. The minimum absolute atomic E-state index is 0.123. The van der Waals surface area contributed by atoms with Crippen molar-refractivity contribution in [2.45, 2.75) is 24.4 Å². The van der Waals surface area contributed by atoms with E-state index in [9.17, 15) is 4.79 Å². The minimum atomic E-state index is -0.250. The highest BCUT2D eigenvalue weighted by atomic mass is 32.2. The zero-order valence-electron chi connectivity index (χ0n) is 16.4. The highest BCUT2D eigenvalue weighted by Crippen LogP contribution is 2.42. The molecule has 0 amide bonds. The third kappa shape index (κ3) is 3.80. The fourth-order valence-electron chi connectivity index (χ4n) is 3.96. The summed E-state index contributed by atoms with van der Waals surface area (Å²) in [5.41, 5.74) is 3.77. The third-order valence-corrected chi connectivity index (χ3v) is 7.43. The molecule has 0 fully saturated rings. The number of thioether (sulfide) groups is 1. The van der Waals surface area contributed by atoms with E-state index in [2.05, 4.69) is 66.9 Å². The van der Waals surface area contributed by atoms with Crippen molar-refractivity contribution in [2.24, 2.45) is 0 Å². The molecule has 30 heavy (non-hydrogen) atoms. The number of thiophene rings is 1. The van der Waals surface area contributed by atoms with E-state index in [4.69, 9.17) is 9.90 Å². The van der Waals surface area contributed by atoms with Crippen LogP contribution in [0.15, 0.2) is 75.9 Å². The Balaban J connectivity index is 0.000000687. The zero-order chi connectivity index (χ0) is 21.1. The van der Waals surface area contributed by atoms with Gasteiger partial charge >= 0.3 is 0 Å². The topological polar surface area (TPSA) is 59.3 Å². The number of nitrogens with zero attached hydrogens (tertiary/aromatic N) is 1. The number of hydrogen-bond acceptors (Lipinski definition) is 4. The van der Waals surface area contributed by atoms with Gasteiger partial charge in [-0.05, 0) is 46.7 Å². The van der Waals surface area contributed by atoms with Crippen molar-refractivity contribution < 1.29 is 9.90 Å². The van der Waals surface area contributed by atoms with Crippen LogP contribution in [0.25, 0.3) is 21.2 Å². The van der Waals surface area contributed by atoms with Crippen LogP contribution in [0, 0.1) is 0 Å². The molecule has 2 aromatic carbocycles. The van der Waals surface area contributed by atoms with Crippen LogP contribution in [0.2, 0.25) is 0 Å². The third-order valence-electron chi connectivity index (χ3n) is 5.22. The van der Waals surface area contributed by atoms with Crippen LogP contribution >= 0.6 is 23.1 Å². The molecular weight excluding hydrogens is 414 g/mol. The van der Waals surface area contributed by atoms with Crippen molar-refractivity contribution in [3.63, 3.8) is 0 Å². The average molecular weight is 436 g/mol. The number of carbonyl (C=O) groups is 1. The lowest BCUT2D eigenvalue weighted by Crippen LogP contribution is -2.22. The van der Waals surface area contributed by atoms with Gasteiger partial charge in [-0.15, -0.1) is 23.1 Å². The van der Waals surface area contributed by atoms with Gasteiger partial charge in [-0.25, -0.2) is 0 Å². The fraction of sp³-hybridized carbons (Fsp3) is 0.167. The predicted octanol–water partition coefficient (Wildman–Crippen LogP) is 5.69. The molecule has 152 valence electrons. The van der Waals surface area contributed by atoms with Gasteiger partial charge in [-0.3, -0.25) is 14.2 Å². The quantitative estimate of drug-likeness (QED) is 0.420. The lowest BCUT2D eigenvalue weighted by molar-refractivity contribution is -0.122. The van der Waals surface area contributed by atoms with Crippen LogP contribution in [0.3, 0.4) is 0 Å². The summed E-state index contributed by atoms with van der Waals surface area (Å²) in [5.74, 6) is 0.964. The van der Waals surface area contributed by atoms with Gasteiger partial charge in [0.25, 0.3) is 12.0 Å². The first-order chi connectivity index (χ1) is 14.6. The maximum atomic E-state index is 12.9. The van der Waals surface area contributed by atoms with Crippen molar-refractivity contribution in [3.8, 4) is 10.4 Å². The molecule has 1 N–H and O–H groups in total. The Morgan fingerprint density at radius 3 is 2.63 bits per heavy atom. The maximum absolute atomic E-state index is 12.9. The molecule has 0 bridgehead atoms. The van der Waals surface area contributed by atoms with Gasteiger partial charge in [-0.2, -0.15) is 0 Å². The first kappa shape index (κ1) is 20.4. The molecule has 1 atom stereocenters. The Labute approximate surface area is 182 Å². The monoisotopic (exact) mass is 435 g/mol. The van der Waals surface area contributed by atoms with Crippen molar-refractivity contribution in [1.29, 1.82) is 0 Å². The van der Waals surface area contributed by atoms with Gasteiger partial charge in [0, 0.05) is 28.3 Å². The molecule has 0 saturated carbocycles. The summed E-state index contributed by atoms with van der Waals surface area (Å²) in [5, 5.41) is 12.6. The number of pyridine rings is 1. The van der Waals surface area contributed by atoms with Gasteiger partial charge in [0.05, 0.1) is 5.03 Å². The first-order valence-corrected chi connectivity index (χ1v) is 11.5. The Hall–Kier alpha value is -2.83. The molecule has 0 radical (unpaired) electrons. The summed E-state index contributed by atoms with van der Waals surface area (Å²) in [6, 6.07) is 21.3. The normalized spacial score (nSPS) is 14.8. The summed E-state index contributed by atoms with van der Waals surface area (Å²) in [4.78, 5) is 22.5. The largest absolute Gasteiger partial charge is 0.483 e. The second kappa shape index (κ2) is 8.90. The van der Waals surface area contributed by atoms with Crippen LogP contribution < -0.4 is 5.56 Å². The van der Waals surface area contributed by atoms with Crippen molar-refractivity contribution in [2.75, 3.05) is 5.75 Å². The maximum Gasteiger partial charge on any atom is 0.290 e. The molecule has 0 saturated heterocycles. The van der Waals surface area contributed by atoms with Gasteiger partial charge in [0.15, 0.2) is 0 Å². The number of hydrogen-bond donors (Lipinski definition) is 1. The molecule has 5 rings (SSSR count). The van der Waals surface area contributed by atoms with Crippen LogP contribution in [0.4, 0.5) is 0 Å². The molecule has 2 aromatic heterocycles. The van der Waals surface area contributed by atoms with Crippen LogP contribution in [-0.2, 0) is 11.2 Å². The van der Waals surface area contributed by atoms with E-state index in [0.717, 1.165) is 22.8 Å². The predicted molar refractivity (Wildman–Crippen MR) is 125 cm³/mol. The Morgan fingerprint density at radius 1 is 1.10 bits per heavy atom. The Morgan fingerprint density at radius 2 is 1.87 bits per heavy atom. The molecule has 1 aliphatic heterocycles. The molecule has 1 aliphatic rings. The molecule has 3 heterocycles. The van der Waals surface area contributed by atoms with Gasteiger partial charge in [0.1, 0.15) is 0 Å². The second-order valence-electron chi connectivity index (χ2n) is 7.12. The van der Waals surface area contributed by atoms with Gasteiger partial charge in [-0.1, -0.05) is 48.5 Å². The number of carboxylic acid groups (broad SMARTS) is 1. The van der Waals surface area contributed by atoms with E-state index >= 15 is 0 Å². The molecule has 1 unspecified atom stereocenters. The number of fused-ring (bicyclic) bond motifs is 2. The summed E-state index contributed by atoms with van der Waals surface area (Å²) < 4.78 is 1.98. The van der Waals surface area contributed by atoms with Crippen molar-refractivity contribution >= 4 is 40.3 Å². The van der Waals surface area contributed by atoms with Crippen molar-refractivity contribution in [1.82, 2.24) is 4.57 Å². The zero-order valence-corrected chi connectivity index (χ0v) is 18.1. The molecule has 0 aliphatic carbocycles. The second-order valence-corrected chi connectivity index (χ2v) is 9.07.